The lowest BCUT2D eigenvalue weighted by Gasteiger charge is -2.04. The van der Waals surface area contributed by atoms with Crippen molar-refractivity contribution >= 4 is 11.7 Å². The molecule has 4 heteroatoms. The van der Waals surface area contributed by atoms with E-state index >= 15 is 0 Å². The normalized spacial score (nSPS) is 12.6. The largest absolute Gasteiger partial charge is 0.212 e. The van der Waals surface area contributed by atoms with Gasteiger partial charge in [-0.1, -0.05) is 48.5 Å². The van der Waals surface area contributed by atoms with E-state index in [9.17, 15) is 17.6 Å². The number of hydrogen-bond donors (Lipinski definition) is 0. The minimum atomic E-state index is -0.943. The molecule has 102 valence electrons. The van der Waals surface area contributed by atoms with E-state index in [2.05, 4.69) is 0 Å². The zero-order valence-electron chi connectivity index (χ0n) is 10.3. The van der Waals surface area contributed by atoms with E-state index in [1.807, 2.05) is 0 Å². The summed E-state index contributed by atoms with van der Waals surface area (Å²) in [7, 11) is 0. The molecule has 0 N–H and O–H groups in total. The molecule has 2 rings (SSSR count). The highest BCUT2D eigenvalue weighted by molar-refractivity contribution is 5.69. The molecule has 0 bridgehead atoms. The lowest BCUT2D eigenvalue weighted by atomic mass is 10.0. The van der Waals surface area contributed by atoms with Crippen molar-refractivity contribution in [1.29, 1.82) is 0 Å². The third kappa shape index (κ3) is 2.96. The Kier molecular flexibility index (Phi) is 4.35. The standard InChI is InChI=1S/C16H10F4/c17-9-15(19)13-5-1-11(2-6-13)12-3-7-14(8-4-12)16(20)10-18/h1-10H. The number of rotatable bonds is 3. The second kappa shape index (κ2) is 6.19. The molecule has 0 saturated heterocycles. The first-order valence-corrected chi connectivity index (χ1v) is 5.78. The van der Waals surface area contributed by atoms with Crippen LogP contribution in [0.15, 0.2) is 61.2 Å². The summed E-state index contributed by atoms with van der Waals surface area (Å²) in [6.07, 6.45) is -0.203. The third-order valence-corrected chi connectivity index (χ3v) is 2.85. The molecule has 0 amide bonds. The number of halogens is 4. The van der Waals surface area contributed by atoms with E-state index in [-0.39, 0.29) is 23.8 Å². The Balaban J connectivity index is 2.28. The van der Waals surface area contributed by atoms with Gasteiger partial charge < -0.3 is 0 Å². The molecule has 0 atom stereocenters. The van der Waals surface area contributed by atoms with Crippen molar-refractivity contribution in [1.82, 2.24) is 0 Å². The van der Waals surface area contributed by atoms with Gasteiger partial charge in [0.25, 0.3) is 0 Å². The van der Waals surface area contributed by atoms with Gasteiger partial charge in [-0.2, -0.15) is 0 Å². The zero-order valence-corrected chi connectivity index (χ0v) is 10.3. The molecule has 0 aliphatic carbocycles. The van der Waals surface area contributed by atoms with Crippen molar-refractivity contribution in [3.63, 3.8) is 0 Å². The lowest BCUT2D eigenvalue weighted by Crippen LogP contribution is -1.82. The summed E-state index contributed by atoms with van der Waals surface area (Å²) in [6, 6.07) is 12.2. The predicted molar refractivity (Wildman–Crippen MR) is 72.3 cm³/mol. The highest BCUT2D eigenvalue weighted by atomic mass is 19.2. The number of hydrogen-bond acceptors (Lipinski definition) is 0. The minimum Gasteiger partial charge on any atom is -0.212 e. The van der Waals surface area contributed by atoms with Gasteiger partial charge >= 0.3 is 0 Å². The topological polar surface area (TPSA) is 0 Å². The minimum absolute atomic E-state index is 0.101. The maximum atomic E-state index is 13.0. The Bertz CT molecular complexity index is 578. The predicted octanol–water partition coefficient (Wildman–Crippen LogP) is 5.83. The zero-order chi connectivity index (χ0) is 14.5. The van der Waals surface area contributed by atoms with Crippen molar-refractivity contribution in [2.45, 2.75) is 0 Å². The molecule has 0 radical (unpaired) electrons. The second-order valence-electron chi connectivity index (χ2n) is 4.07. The molecular weight excluding hydrogens is 268 g/mol. The fourth-order valence-electron chi connectivity index (χ4n) is 1.77. The van der Waals surface area contributed by atoms with Gasteiger partial charge in [-0.15, -0.1) is 0 Å². The van der Waals surface area contributed by atoms with Gasteiger partial charge in [0.05, 0.1) is 0 Å². The van der Waals surface area contributed by atoms with E-state index < -0.39 is 11.7 Å². The van der Waals surface area contributed by atoms with Crippen LogP contribution in [0.3, 0.4) is 0 Å². The van der Waals surface area contributed by atoms with E-state index in [0.717, 1.165) is 11.1 Å². The molecule has 0 aromatic heterocycles. The van der Waals surface area contributed by atoms with Crippen LogP contribution in [0.4, 0.5) is 17.6 Å². The van der Waals surface area contributed by atoms with Gasteiger partial charge in [0, 0.05) is 11.1 Å². The van der Waals surface area contributed by atoms with E-state index in [0.29, 0.717) is 0 Å². The van der Waals surface area contributed by atoms with Crippen LogP contribution in [0, 0.1) is 0 Å². The molecule has 20 heavy (non-hydrogen) atoms. The van der Waals surface area contributed by atoms with Crippen molar-refractivity contribution in [3.8, 4) is 11.1 Å². The molecule has 0 unspecified atom stereocenters. The van der Waals surface area contributed by atoms with Crippen LogP contribution < -0.4 is 0 Å². The number of benzene rings is 2. The molecule has 0 aliphatic rings. The molecule has 0 saturated carbocycles. The van der Waals surface area contributed by atoms with Gasteiger partial charge in [-0.25, -0.2) is 17.6 Å². The lowest BCUT2D eigenvalue weighted by molar-refractivity contribution is 0.671. The maximum absolute atomic E-state index is 13.0. The van der Waals surface area contributed by atoms with Crippen LogP contribution in [0.2, 0.25) is 0 Å². The SMILES string of the molecule is FC=C(F)c1ccc(-c2ccc(C(F)=CF)cc2)cc1. The summed E-state index contributed by atoms with van der Waals surface area (Å²) >= 11 is 0. The first-order chi connectivity index (χ1) is 9.65. The van der Waals surface area contributed by atoms with Gasteiger partial charge in [0.15, 0.2) is 11.7 Å². The van der Waals surface area contributed by atoms with Gasteiger partial charge in [-0.05, 0) is 11.1 Å². The molecule has 0 fully saturated rings. The maximum Gasteiger partial charge on any atom is 0.158 e. The van der Waals surface area contributed by atoms with Crippen molar-refractivity contribution < 1.29 is 17.6 Å². The molecule has 0 aliphatic heterocycles. The molecule has 0 spiro atoms. The summed E-state index contributed by atoms with van der Waals surface area (Å²) in [5.41, 5.74) is 1.80. The van der Waals surface area contributed by atoms with Crippen LogP contribution >= 0.6 is 0 Å². The monoisotopic (exact) mass is 278 g/mol. The Morgan fingerprint density at radius 3 is 1.15 bits per heavy atom. The van der Waals surface area contributed by atoms with Crippen LogP contribution in [0.25, 0.3) is 22.8 Å². The van der Waals surface area contributed by atoms with Crippen molar-refractivity contribution in [2.24, 2.45) is 0 Å². The second-order valence-corrected chi connectivity index (χ2v) is 4.07. The molecule has 2 aromatic rings. The quantitative estimate of drug-likeness (QED) is 0.620. The smallest absolute Gasteiger partial charge is 0.158 e. The summed E-state index contributed by atoms with van der Waals surface area (Å²) in [4.78, 5) is 0. The fourth-order valence-corrected chi connectivity index (χ4v) is 1.77. The Hall–Kier alpha value is -2.36. The van der Waals surface area contributed by atoms with Crippen LogP contribution in [0.5, 0.6) is 0 Å². The molecule has 0 nitrogen and oxygen atoms in total. The van der Waals surface area contributed by atoms with E-state index in [1.165, 1.54) is 24.3 Å². The summed E-state index contributed by atoms with van der Waals surface area (Å²) in [6.45, 7) is 0. The van der Waals surface area contributed by atoms with Crippen molar-refractivity contribution in [3.05, 3.63) is 72.3 Å². The molecule has 0 heterocycles. The van der Waals surface area contributed by atoms with Gasteiger partial charge in [0.1, 0.15) is 12.7 Å². The van der Waals surface area contributed by atoms with Gasteiger partial charge in [0.2, 0.25) is 0 Å². The third-order valence-electron chi connectivity index (χ3n) is 2.85. The average Bonchev–Trinajstić information content (AvgIpc) is 2.53. The summed E-state index contributed by atoms with van der Waals surface area (Å²) in [5, 5.41) is 0. The first-order valence-electron chi connectivity index (χ1n) is 5.78. The molecule has 2 aromatic carbocycles. The van der Waals surface area contributed by atoms with E-state index in [1.54, 1.807) is 24.3 Å². The van der Waals surface area contributed by atoms with Crippen LogP contribution in [-0.4, -0.2) is 0 Å². The Morgan fingerprint density at radius 2 is 0.900 bits per heavy atom. The van der Waals surface area contributed by atoms with Gasteiger partial charge in [-0.3, -0.25) is 0 Å². The highest BCUT2D eigenvalue weighted by Gasteiger charge is 2.04. The van der Waals surface area contributed by atoms with E-state index in [4.69, 9.17) is 0 Å². The average molecular weight is 278 g/mol. The van der Waals surface area contributed by atoms with Crippen molar-refractivity contribution in [2.75, 3.05) is 0 Å². The highest BCUT2D eigenvalue weighted by Crippen LogP contribution is 2.25. The summed E-state index contributed by atoms with van der Waals surface area (Å²) in [5.74, 6) is -1.89. The Labute approximate surface area is 113 Å². The molecular formula is C16H10F4. The van der Waals surface area contributed by atoms with Crippen LogP contribution in [-0.2, 0) is 0 Å². The fraction of sp³-hybridized carbons (Fsp3) is 0. The summed E-state index contributed by atoms with van der Waals surface area (Å²) < 4.78 is 50.0. The van der Waals surface area contributed by atoms with Crippen LogP contribution in [0.1, 0.15) is 11.1 Å². The first kappa shape index (κ1) is 14.1. The Morgan fingerprint density at radius 1 is 0.600 bits per heavy atom.